The first-order valence-corrected chi connectivity index (χ1v) is 10.1. The molecule has 1 aliphatic heterocycles. The van der Waals surface area contributed by atoms with Gasteiger partial charge in [0.15, 0.2) is 11.5 Å². The Morgan fingerprint density at radius 2 is 1.94 bits per heavy atom. The van der Waals surface area contributed by atoms with Crippen LogP contribution in [0, 0.1) is 6.92 Å². The molecule has 1 fully saturated rings. The molecule has 0 radical (unpaired) electrons. The summed E-state index contributed by atoms with van der Waals surface area (Å²) in [5, 5.41) is 9.74. The fraction of sp³-hybridized carbons (Fsp3) is 0.227. The number of anilines is 2. The van der Waals surface area contributed by atoms with E-state index in [-0.39, 0.29) is 0 Å². The van der Waals surface area contributed by atoms with Gasteiger partial charge in [-0.25, -0.2) is 4.68 Å². The fourth-order valence-electron chi connectivity index (χ4n) is 3.48. The van der Waals surface area contributed by atoms with Crippen molar-refractivity contribution in [1.82, 2.24) is 24.7 Å². The Morgan fingerprint density at radius 1 is 1.10 bits per heavy atom. The number of rotatable bonds is 5. The number of nitrogens with one attached hydrogen (secondary N) is 1. The summed E-state index contributed by atoms with van der Waals surface area (Å²) in [6.45, 7) is 4.83. The quantitative estimate of drug-likeness (QED) is 0.396. The molecule has 0 bridgehead atoms. The first kappa shape index (κ1) is 19.1. The first-order chi connectivity index (χ1) is 15.3. The lowest BCUT2D eigenvalue weighted by Gasteiger charge is -2.27. The molecule has 4 aromatic rings. The minimum Gasteiger partial charge on any atom is -0.378 e. The number of hydrazone groups is 1. The van der Waals surface area contributed by atoms with E-state index in [0.717, 1.165) is 29.7 Å². The van der Waals surface area contributed by atoms with Gasteiger partial charge in [0.1, 0.15) is 0 Å². The van der Waals surface area contributed by atoms with Crippen LogP contribution in [0.3, 0.4) is 0 Å². The van der Waals surface area contributed by atoms with Crippen molar-refractivity contribution in [3.63, 3.8) is 0 Å². The van der Waals surface area contributed by atoms with Gasteiger partial charge in [0, 0.05) is 25.5 Å². The van der Waals surface area contributed by atoms with Gasteiger partial charge in [-0.3, -0.25) is 10.4 Å². The highest BCUT2D eigenvalue weighted by Gasteiger charge is 2.19. The van der Waals surface area contributed by atoms with Gasteiger partial charge in [0.2, 0.25) is 5.95 Å². The topological polar surface area (TPSA) is 93.4 Å². The molecule has 1 saturated heterocycles. The van der Waals surface area contributed by atoms with Crippen molar-refractivity contribution < 1.29 is 4.74 Å². The minimum atomic E-state index is 0.607. The summed E-state index contributed by atoms with van der Waals surface area (Å²) in [6, 6.07) is 11.9. The predicted octanol–water partition coefficient (Wildman–Crippen LogP) is 2.80. The summed E-state index contributed by atoms with van der Waals surface area (Å²) in [7, 11) is 0. The molecule has 0 unspecified atom stereocenters. The molecule has 0 amide bonds. The molecule has 0 spiro atoms. The molecule has 5 rings (SSSR count). The molecule has 1 aliphatic rings. The second kappa shape index (κ2) is 8.49. The highest BCUT2D eigenvalue weighted by atomic mass is 16.5. The summed E-state index contributed by atoms with van der Waals surface area (Å²) in [5.74, 6) is 1.23. The van der Waals surface area contributed by atoms with Crippen molar-refractivity contribution in [1.29, 1.82) is 0 Å². The van der Waals surface area contributed by atoms with Crippen LogP contribution in [0.2, 0.25) is 0 Å². The van der Waals surface area contributed by atoms with Crippen molar-refractivity contribution in [2.24, 2.45) is 5.10 Å². The standard InChI is InChI=1S/C22H22N8O/c1-16-3-2-4-17(13-16)14-24-28-20-19-15-25-30(18-5-7-23-8-6-18)21(19)27-22(26-20)29-9-11-31-12-10-29/h2-8,13-15H,9-12H2,1H3,(H,26,27,28). The van der Waals surface area contributed by atoms with Crippen molar-refractivity contribution in [3.05, 3.63) is 66.1 Å². The number of morpholine rings is 1. The number of hydrogen-bond acceptors (Lipinski definition) is 8. The third-order valence-electron chi connectivity index (χ3n) is 5.04. The number of aromatic nitrogens is 5. The van der Waals surface area contributed by atoms with Gasteiger partial charge >= 0.3 is 0 Å². The Morgan fingerprint density at radius 3 is 2.74 bits per heavy atom. The number of nitrogens with zero attached hydrogens (tertiary/aromatic N) is 7. The third-order valence-corrected chi connectivity index (χ3v) is 5.04. The van der Waals surface area contributed by atoms with Crippen molar-refractivity contribution in [3.8, 4) is 5.69 Å². The lowest BCUT2D eigenvalue weighted by molar-refractivity contribution is 0.122. The number of ether oxygens (including phenoxy) is 1. The van der Waals surface area contributed by atoms with E-state index < -0.39 is 0 Å². The molecule has 4 heterocycles. The second-order valence-electron chi connectivity index (χ2n) is 7.25. The predicted molar refractivity (Wildman–Crippen MR) is 120 cm³/mol. The highest BCUT2D eigenvalue weighted by Crippen LogP contribution is 2.26. The summed E-state index contributed by atoms with van der Waals surface area (Å²) in [6.07, 6.45) is 7.00. The average Bonchev–Trinajstić information content (AvgIpc) is 3.24. The monoisotopic (exact) mass is 414 g/mol. The van der Waals surface area contributed by atoms with Crippen LogP contribution in [0.25, 0.3) is 16.7 Å². The molecular formula is C22H22N8O. The molecule has 3 aromatic heterocycles. The summed E-state index contributed by atoms with van der Waals surface area (Å²) in [5.41, 5.74) is 6.87. The zero-order valence-corrected chi connectivity index (χ0v) is 17.1. The van der Waals surface area contributed by atoms with Crippen LogP contribution in [-0.2, 0) is 4.74 Å². The summed E-state index contributed by atoms with van der Waals surface area (Å²) < 4.78 is 7.27. The van der Waals surface area contributed by atoms with Gasteiger partial charge in [-0.15, -0.1) is 0 Å². The van der Waals surface area contributed by atoms with Crippen LogP contribution >= 0.6 is 0 Å². The number of pyridine rings is 1. The molecule has 9 nitrogen and oxygen atoms in total. The molecule has 31 heavy (non-hydrogen) atoms. The molecule has 156 valence electrons. The van der Waals surface area contributed by atoms with E-state index in [1.54, 1.807) is 29.5 Å². The van der Waals surface area contributed by atoms with Crippen LogP contribution < -0.4 is 10.3 Å². The van der Waals surface area contributed by atoms with Crippen LogP contribution in [0.5, 0.6) is 0 Å². The van der Waals surface area contributed by atoms with Crippen molar-refractivity contribution >= 4 is 29.0 Å². The maximum Gasteiger partial charge on any atom is 0.229 e. The number of benzene rings is 1. The van der Waals surface area contributed by atoms with Gasteiger partial charge in [-0.1, -0.05) is 29.8 Å². The zero-order valence-electron chi connectivity index (χ0n) is 17.1. The molecule has 1 N–H and O–H groups in total. The fourth-order valence-corrected chi connectivity index (χ4v) is 3.48. The molecular weight excluding hydrogens is 392 g/mol. The van der Waals surface area contributed by atoms with Gasteiger partial charge in [0.25, 0.3) is 0 Å². The van der Waals surface area contributed by atoms with E-state index in [1.165, 1.54) is 5.56 Å². The Kier molecular flexibility index (Phi) is 5.24. The van der Waals surface area contributed by atoms with E-state index in [1.807, 2.05) is 24.3 Å². The van der Waals surface area contributed by atoms with Gasteiger partial charge in [-0.05, 0) is 24.6 Å². The summed E-state index contributed by atoms with van der Waals surface area (Å²) in [4.78, 5) is 15.8. The maximum atomic E-state index is 5.48. The zero-order chi connectivity index (χ0) is 21.0. The third kappa shape index (κ3) is 4.08. The van der Waals surface area contributed by atoms with Gasteiger partial charge < -0.3 is 9.64 Å². The molecule has 9 heteroatoms. The van der Waals surface area contributed by atoms with Gasteiger partial charge in [-0.2, -0.15) is 20.2 Å². The lowest BCUT2D eigenvalue weighted by atomic mass is 10.2. The first-order valence-electron chi connectivity index (χ1n) is 10.1. The van der Waals surface area contributed by atoms with Crippen molar-refractivity contribution in [2.45, 2.75) is 6.92 Å². The minimum absolute atomic E-state index is 0.607. The molecule has 0 saturated carbocycles. The Labute approximate surface area is 179 Å². The van der Waals surface area contributed by atoms with Gasteiger partial charge in [0.05, 0.1) is 36.7 Å². The smallest absolute Gasteiger partial charge is 0.229 e. The van der Waals surface area contributed by atoms with E-state index in [2.05, 4.69) is 44.6 Å². The largest absolute Gasteiger partial charge is 0.378 e. The number of aryl methyl sites for hydroxylation is 1. The number of hydrogen-bond donors (Lipinski definition) is 1. The highest BCUT2D eigenvalue weighted by molar-refractivity contribution is 5.89. The molecule has 0 aliphatic carbocycles. The van der Waals surface area contributed by atoms with Crippen LogP contribution in [0.15, 0.2) is 60.1 Å². The molecule has 0 atom stereocenters. The Hall–Kier alpha value is -3.85. The molecule has 1 aromatic carbocycles. The van der Waals surface area contributed by atoms with E-state index in [0.29, 0.717) is 30.6 Å². The second-order valence-corrected chi connectivity index (χ2v) is 7.25. The van der Waals surface area contributed by atoms with E-state index in [4.69, 9.17) is 14.7 Å². The Balaban J connectivity index is 1.54. The van der Waals surface area contributed by atoms with E-state index in [9.17, 15) is 0 Å². The SMILES string of the molecule is Cc1cccc(C=NNc2nc(N3CCOCC3)nc3c2cnn3-c2ccncc2)c1. The summed E-state index contributed by atoms with van der Waals surface area (Å²) >= 11 is 0. The number of fused-ring (bicyclic) bond motifs is 1. The average molecular weight is 414 g/mol. The van der Waals surface area contributed by atoms with E-state index >= 15 is 0 Å². The van der Waals surface area contributed by atoms with Crippen LogP contribution in [0.1, 0.15) is 11.1 Å². The van der Waals surface area contributed by atoms with Crippen LogP contribution in [0.4, 0.5) is 11.8 Å². The van der Waals surface area contributed by atoms with Crippen LogP contribution in [-0.4, -0.2) is 57.3 Å². The Bertz CT molecular complexity index is 1210. The maximum absolute atomic E-state index is 5.48. The normalized spacial score (nSPS) is 14.4. The lowest BCUT2D eigenvalue weighted by Crippen LogP contribution is -2.37. The van der Waals surface area contributed by atoms with Crippen molar-refractivity contribution in [2.75, 3.05) is 36.6 Å².